The van der Waals surface area contributed by atoms with Crippen LogP contribution in [0.25, 0.3) is 0 Å². The third kappa shape index (κ3) is 9.03. The number of carbonyl (C=O) groups excluding carboxylic acids is 2. The number of pyridine rings is 1. The Hall–Kier alpha value is -4.56. The Morgan fingerprint density at radius 3 is 2.42 bits per heavy atom. The van der Waals surface area contributed by atoms with Crippen LogP contribution in [0.15, 0.2) is 67.0 Å². The highest BCUT2D eigenvalue weighted by Gasteiger charge is 2.21. The van der Waals surface area contributed by atoms with Gasteiger partial charge >= 0.3 is 6.09 Å². The fourth-order valence-corrected chi connectivity index (χ4v) is 4.45. The van der Waals surface area contributed by atoms with Crippen molar-refractivity contribution in [3.63, 3.8) is 0 Å². The van der Waals surface area contributed by atoms with E-state index in [9.17, 15) is 28.1 Å². The van der Waals surface area contributed by atoms with Gasteiger partial charge in [-0.2, -0.15) is 0 Å². The number of nitro benzene ring substituents is 1. The van der Waals surface area contributed by atoms with E-state index in [1.807, 2.05) is 0 Å². The lowest BCUT2D eigenvalue weighted by Gasteiger charge is -2.15. The highest BCUT2D eigenvalue weighted by atomic mass is 32.2. The smallest absolute Gasteiger partial charge is 0.407 e. The molecule has 0 saturated heterocycles. The third-order valence-corrected chi connectivity index (χ3v) is 6.80. The van der Waals surface area contributed by atoms with Gasteiger partial charge in [-0.05, 0) is 49.7 Å². The van der Waals surface area contributed by atoms with Gasteiger partial charge in [-0.25, -0.2) is 13.2 Å². The first-order valence-electron chi connectivity index (χ1n) is 12.1. The minimum absolute atomic E-state index is 0.0187. The summed E-state index contributed by atoms with van der Waals surface area (Å²) < 4.78 is 37.4. The number of nitro groups is 1. The zero-order valence-corrected chi connectivity index (χ0v) is 22.6. The highest BCUT2D eigenvalue weighted by Crippen LogP contribution is 2.28. The van der Waals surface area contributed by atoms with E-state index < -0.39 is 32.9 Å². The van der Waals surface area contributed by atoms with Crippen LogP contribution >= 0.6 is 0 Å². The number of carbonyl (C=O) groups is 2. The zero-order chi connectivity index (χ0) is 29.1. The number of aromatic nitrogens is 1. The monoisotopic (exact) mass is 571 g/mol. The number of nitrogens with one attached hydrogen (secondary N) is 3. The van der Waals surface area contributed by atoms with Crippen molar-refractivity contribution in [2.24, 2.45) is 0 Å². The summed E-state index contributed by atoms with van der Waals surface area (Å²) in [4.78, 5) is 38.9. The second-order valence-electron chi connectivity index (χ2n) is 8.55. The molecule has 0 spiro atoms. The maximum atomic E-state index is 12.4. The molecule has 40 heavy (non-hydrogen) atoms. The minimum Gasteiger partial charge on any atom is -0.442 e. The molecule has 3 rings (SSSR count). The fraction of sp³-hybridized carbons (Fsp3) is 0.269. The van der Waals surface area contributed by atoms with Gasteiger partial charge < -0.3 is 20.1 Å². The van der Waals surface area contributed by atoms with E-state index in [0.717, 1.165) is 0 Å². The molecule has 3 N–H and O–H groups in total. The molecule has 0 aliphatic rings. The Balaban J connectivity index is 1.36. The molecule has 14 heteroatoms. The van der Waals surface area contributed by atoms with Gasteiger partial charge in [-0.3, -0.25) is 24.6 Å². The number of alkyl carbamates (subject to hydrolysis) is 1. The number of ether oxygens (including phenoxy) is 2. The topological polar surface area (TPSA) is 179 Å². The van der Waals surface area contributed by atoms with Crippen molar-refractivity contribution >= 4 is 39.1 Å². The Morgan fingerprint density at radius 2 is 1.75 bits per heavy atom. The highest BCUT2D eigenvalue weighted by molar-refractivity contribution is 7.92. The number of anilines is 2. The van der Waals surface area contributed by atoms with Crippen molar-refractivity contribution in [2.45, 2.75) is 20.0 Å². The number of benzene rings is 2. The van der Waals surface area contributed by atoms with Crippen LogP contribution in [-0.2, 0) is 19.5 Å². The van der Waals surface area contributed by atoms with Crippen LogP contribution in [0.2, 0.25) is 0 Å². The molecule has 1 atom stereocenters. The number of hydrogen-bond acceptors (Lipinski definition) is 9. The lowest BCUT2D eigenvalue weighted by atomic mass is 10.1. The van der Waals surface area contributed by atoms with Crippen LogP contribution in [0.3, 0.4) is 0 Å². The summed E-state index contributed by atoms with van der Waals surface area (Å²) in [6.07, 6.45) is 1.85. The second kappa shape index (κ2) is 14.0. The number of sulfonamides is 1. The van der Waals surface area contributed by atoms with Gasteiger partial charge in [-0.1, -0.05) is 24.3 Å². The van der Waals surface area contributed by atoms with E-state index in [4.69, 9.17) is 9.47 Å². The van der Waals surface area contributed by atoms with Crippen molar-refractivity contribution in [1.29, 1.82) is 0 Å². The first-order chi connectivity index (χ1) is 19.1. The van der Waals surface area contributed by atoms with Crippen molar-refractivity contribution in [3.05, 3.63) is 93.8 Å². The molecule has 0 unspecified atom stereocenters. The van der Waals surface area contributed by atoms with Crippen LogP contribution in [0, 0.1) is 17.0 Å². The Morgan fingerprint density at radius 1 is 1.05 bits per heavy atom. The van der Waals surface area contributed by atoms with Crippen LogP contribution in [-0.4, -0.2) is 55.8 Å². The first kappa shape index (κ1) is 30.0. The summed E-state index contributed by atoms with van der Waals surface area (Å²) in [7, 11) is -3.90. The Kier molecular flexibility index (Phi) is 10.5. The summed E-state index contributed by atoms with van der Waals surface area (Å²) >= 11 is 0. The molecule has 1 aromatic heterocycles. The SMILES string of the molecule is Cc1cccc(NS(=O)(=O)CCOCCNC(=O)O[C@H](C)c2ccc(C(=O)Nc3ccncc3)cc2)c1[N+](=O)[O-]. The number of nitrogens with zero attached hydrogens (tertiary/aromatic N) is 2. The van der Waals surface area contributed by atoms with Gasteiger partial charge in [0.2, 0.25) is 10.0 Å². The van der Waals surface area contributed by atoms with E-state index in [-0.39, 0.29) is 37.0 Å². The number of amides is 2. The van der Waals surface area contributed by atoms with Gasteiger partial charge in [0.05, 0.1) is 23.9 Å². The molecule has 0 bridgehead atoms. The van der Waals surface area contributed by atoms with Crippen LogP contribution in [0.5, 0.6) is 0 Å². The molecule has 13 nitrogen and oxygen atoms in total. The average molecular weight is 572 g/mol. The standard InChI is InChI=1S/C26H29N5O8S/c1-18-4-3-5-23(24(18)31(34)35)30-40(36,37)17-16-38-15-14-28-26(33)39-19(2)20-6-8-21(9-7-20)25(32)29-22-10-12-27-13-11-22/h3-13,19,30H,14-17H2,1-2H3,(H,28,33)(H,27,29,32)/t19-/m1/s1. The summed E-state index contributed by atoms with van der Waals surface area (Å²) in [5.41, 5.74) is 1.63. The molecule has 0 fully saturated rings. The quantitative estimate of drug-likeness (QED) is 0.156. The third-order valence-electron chi connectivity index (χ3n) is 5.56. The Bertz CT molecular complexity index is 1430. The number of aryl methyl sites for hydroxylation is 1. The van der Waals surface area contributed by atoms with E-state index in [0.29, 0.717) is 22.4 Å². The molecule has 2 aromatic carbocycles. The number of para-hydroxylation sites is 1. The molecule has 3 aromatic rings. The molecule has 2 amide bonds. The molecule has 0 aliphatic carbocycles. The van der Waals surface area contributed by atoms with Gasteiger partial charge in [-0.15, -0.1) is 0 Å². The second-order valence-corrected chi connectivity index (χ2v) is 10.4. The predicted molar refractivity (Wildman–Crippen MR) is 148 cm³/mol. The minimum atomic E-state index is -3.90. The van der Waals surface area contributed by atoms with Crippen LogP contribution < -0.4 is 15.4 Å². The van der Waals surface area contributed by atoms with Gasteiger partial charge in [0.15, 0.2) is 0 Å². The summed E-state index contributed by atoms with van der Waals surface area (Å²) in [6.45, 7) is 3.09. The van der Waals surface area contributed by atoms with Crippen LogP contribution in [0.1, 0.15) is 34.5 Å². The lowest BCUT2D eigenvalue weighted by molar-refractivity contribution is -0.384. The molecular weight excluding hydrogens is 542 g/mol. The van der Waals surface area contributed by atoms with E-state index in [2.05, 4.69) is 20.3 Å². The molecule has 0 saturated carbocycles. The predicted octanol–water partition coefficient (Wildman–Crippen LogP) is 3.80. The van der Waals surface area contributed by atoms with Crippen molar-refractivity contribution in [2.75, 3.05) is 35.6 Å². The maximum Gasteiger partial charge on any atom is 0.407 e. The van der Waals surface area contributed by atoms with Crippen molar-refractivity contribution in [1.82, 2.24) is 10.3 Å². The summed E-state index contributed by atoms with van der Waals surface area (Å²) in [5, 5.41) is 16.5. The van der Waals surface area contributed by atoms with E-state index in [1.165, 1.54) is 25.1 Å². The molecule has 0 aliphatic heterocycles. The van der Waals surface area contributed by atoms with Crippen LogP contribution in [0.4, 0.5) is 21.9 Å². The fourth-order valence-electron chi connectivity index (χ4n) is 3.51. The normalized spacial score (nSPS) is 11.8. The van der Waals surface area contributed by atoms with Gasteiger partial charge in [0.1, 0.15) is 11.8 Å². The number of rotatable bonds is 13. The van der Waals surface area contributed by atoms with E-state index in [1.54, 1.807) is 55.7 Å². The Labute approximate surface area is 231 Å². The molecular formula is C26H29N5O8S. The van der Waals surface area contributed by atoms with E-state index >= 15 is 0 Å². The number of hydrogen-bond donors (Lipinski definition) is 3. The summed E-state index contributed by atoms with van der Waals surface area (Å²) in [6, 6.07) is 14.3. The zero-order valence-electron chi connectivity index (χ0n) is 21.8. The average Bonchev–Trinajstić information content (AvgIpc) is 2.90. The first-order valence-corrected chi connectivity index (χ1v) is 13.8. The summed E-state index contributed by atoms with van der Waals surface area (Å²) in [5.74, 6) is -0.722. The van der Waals surface area contributed by atoms with Crippen molar-refractivity contribution < 1.29 is 32.4 Å². The van der Waals surface area contributed by atoms with Crippen molar-refractivity contribution in [3.8, 4) is 0 Å². The maximum absolute atomic E-state index is 12.4. The molecule has 0 radical (unpaired) electrons. The van der Waals surface area contributed by atoms with Gasteiger partial charge in [0.25, 0.3) is 11.6 Å². The van der Waals surface area contributed by atoms with Gasteiger partial charge in [0, 0.05) is 35.8 Å². The molecule has 1 heterocycles. The largest absolute Gasteiger partial charge is 0.442 e. The lowest BCUT2D eigenvalue weighted by Crippen LogP contribution is -2.29. The molecule has 212 valence electrons.